The molecule has 1 aliphatic carbocycles. The number of aryl methyl sites for hydroxylation is 1. The van der Waals surface area contributed by atoms with Crippen LogP contribution in [0.15, 0.2) is 48.1 Å². The fourth-order valence-corrected chi connectivity index (χ4v) is 2.19. The molecule has 0 fully saturated rings. The Morgan fingerprint density at radius 2 is 2.12 bits per heavy atom. The minimum Gasteiger partial charge on any atom is -0.388 e. The molecule has 2 atom stereocenters. The average Bonchev–Trinajstić information content (AvgIpc) is 2.28. The van der Waals surface area contributed by atoms with E-state index in [9.17, 15) is 5.11 Å². The van der Waals surface area contributed by atoms with Crippen LogP contribution in [0.1, 0.15) is 30.6 Å². The third-order valence-corrected chi connectivity index (χ3v) is 3.06. The highest BCUT2D eigenvalue weighted by Gasteiger charge is 2.19. The summed E-state index contributed by atoms with van der Waals surface area (Å²) in [6.45, 7) is 4.13. The maximum Gasteiger partial charge on any atom is 0.0855 e. The zero-order chi connectivity index (χ0) is 11.5. The molecule has 0 amide bonds. The van der Waals surface area contributed by atoms with Crippen LogP contribution in [-0.2, 0) is 0 Å². The molecule has 1 aromatic rings. The van der Waals surface area contributed by atoms with Crippen molar-refractivity contribution in [1.82, 2.24) is 0 Å². The molecule has 1 nitrogen and oxygen atoms in total. The lowest BCUT2D eigenvalue weighted by Gasteiger charge is -2.22. The minimum absolute atomic E-state index is 0.215. The maximum atomic E-state index is 10.3. The lowest BCUT2D eigenvalue weighted by atomic mass is 9.88. The summed E-state index contributed by atoms with van der Waals surface area (Å²) in [7, 11) is 0. The van der Waals surface area contributed by atoms with Crippen molar-refractivity contribution in [3.8, 4) is 0 Å². The Kier molecular flexibility index (Phi) is 3.25. The van der Waals surface area contributed by atoms with E-state index in [0.29, 0.717) is 0 Å². The van der Waals surface area contributed by atoms with E-state index in [1.54, 1.807) is 0 Å². The van der Waals surface area contributed by atoms with Gasteiger partial charge in [-0.15, -0.1) is 0 Å². The zero-order valence-corrected chi connectivity index (χ0v) is 9.85. The molecule has 0 spiro atoms. The van der Waals surface area contributed by atoms with E-state index in [0.717, 1.165) is 12.0 Å². The Balaban J connectivity index is 2.19. The van der Waals surface area contributed by atoms with E-state index in [1.807, 2.05) is 12.1 Å². The van der Waals surface area contributed by atoms with Crippen molar-refractivity contribution in [1.29, 1.82) is 0 Å². The summed E-state index contributed by atoms with van der Waals surface area (Å²) in [5.41, 5.74) is 3.45. The van der Waals surface area contributed by atoms with Gasteiger partial charge in [0.2, 0.25) is 0 Å². The van der Waals surface area contributed by atoms with Gasteiger partial charge in [-0.05, 0) is 25.8 Å². The Morgan fingerprint density at radius 1 is 1.31 bits per heavy atom. The standard InChI is InChI=1S/C15H18O/c1-11-5-3-7-13(9-11)15(16)14-8-4-6-12(2)10-14/h3-7,9-10,14-16H,8H2,1-2H3. The summed E-state index contributed by atoms with van der Waals surface area (Å²) in [5, 5.41) is 10.3. The zero-order valence-electron chi connectivity index (χ0n) is 9.85. The number of hydrogen-bond acceptors (Lipinski definition) is 1. The molecule has 0 aliphatic heterocycles. The SMILES string of the molecule is CC1=CC(C(O)c2cccc(C)c2)CC=C1. The monoisotopic (exact) mass is 214 g/mol. The molecule has 2 unspecified atom stereocenters. The first kappa shape index (κ1) is 11.2. The van der Waals surface area contributed by atoms with Gasteiger partial charge in [0.05, 0.1) is 6.10 Å². The second-order valence-corrected chi connectivity index (χ2v) is 4.57. The van der Waals surface area contributed by atoms with Crippen LogP contribution in [0.25, 0.3) is 0 Å². The highest BCUT2D eigenvalue weighted by molar-refractivity contribution is 5.28. The molecule has 84 valence electrons. The van der Waals surface area contributed by atoms with Gasteiger partial charge in [-0.25, -0.2) is 0 Å². The molecule has 0 saturated heterocycles. The number of aliphatic hydroxyl groups is 1. The van der Waals surface area contributed by atoms with Crippen molar-refractivity contribution in [2.45, 2.75) is 26.4 Å². The van der Waals surface area contributed by atoms with Crippen LogP contribution < -0.4 is 0 Å². The van der Waals surface area contributed by atoms with Gasteiger partial charge in [0.15, 0.2) is 0 Å². The van der Waals surface area contributed by atoms with Gasteiger partial charge in [0.1, 0.15) is 0 Å². The van der Waals surface area contributed by atoms with Gasteiger partial charge >= 0.3 is 0 Å². The quantitative estimate of drug-likeness (QED) is 0.798. The highest BCUT2D eigenvalue weighted by atomic mass is 16.3. The lowest BCUT2D eigenvalue weighted by Crippen LogP contribution is -2.12. The van der Waals surface area contributed by atoms with Gasteiger partial charge in [0.25, 0.3) is 0 Å². The highest BCUT2D eigenvalue weighted by Crippen LogP contribution is 2.30. The van der Waals surface area contributed by atoms with Gasteiger partial charge < -0.3 is 5.11 Å². The van der Waals surface area contributed by atoms with Gasteiger partial charge in [-0.3, -0.25) is 0 Å². The molecule has 16 heavy (non-hydrogen) atoms. The smallest absolute Gasteiger partial charge is 0.0855 e. The van der Waals surface area contributed by atoms with Crippen molar-refractivity contribution in [3.63, 3.8) is 0 Å². The Morgan fingerprint density at radius 3 is 2.81 bits per heavy atom. The van der Waals surface area contributed by atoms with E-state index < -0.39 is 0 Å². The largest absolute Gasteiger partial charge is 0.388 e. The summed E-state index contributed by atoms with van der Waals surface area (Å²) in [4.78, 5) is 0. The van der Waals surface area contributed by atoms with E-state index in [2.05, 4.69) is 44.2 Å². The van der Waals surface area contributed by atoms with Gasteiger partial charge in [0, 0.05) is 5.92 Å². The summed E-state index contributed by atoms with van der Waals surface area (Å²) in [5.74, 6) is 0.215. The van der Waals surface area contributed by atoms with Crippen LogP contribution >= 0.6 is 0 Å². The number of benzene rings is 1. The van der Waals surface area contributed by atoms with Crippen LogP contribution in [0, 0.1) is 12.8 Å². The molecule has 1 N–H and O–H groups in total. The predicted octanol–water partition coefficient (Wildman–Crippen LogP) is 3.55. The third-order valence-electron chi connectivity index (χ3n) is 3.06. The van der Waals surface area contributed by atoms with Crippen LogP contribution in [0.5, 0.6) is 0 Å². The van der Waals surface area contributed by atoms with Crippen molar-refractivity contribution in [2.24, 2.45) is 5.92 Å². The first-order valence-electron chi connectivity index (χ1n) is 5.76. The fraction of sp³-hybridized carbons (Fsp3) is 0.333. The molecule has 0 bridgehead atoms. The first-order chi connectivity index (χ1) is 7.66. The maximum absolute atomic E-state index is 10.3. The number of hydrogen-bond donors (Lipinski definition) is 1. The molecule has 0 saturated carbocycles. The van der Waals surface area contributed by atoms with Crippen molar-refractivity contribution in [3.05, 3.63) is 59.2 Å². The van der Waals surface area contributed by atoms with Crippen molar-refractivity contribution >= 4 is 0 Å². The Labute approximate surface area is 97.1 Å². The van der Waals surface area contributed by atoms with Gasteiger partial charge in [-0.2, -0.15) is 0 Å². The second kappa shape index (κ2) is 4.67. The van der Waals surface area contributed by atoms with Crippen LogP contribution in [0.2, 0.25) is 0 Å². The predicted molar refractivity (Wildman–Crippen MR) is 67.1 cm³/mol. The van der Waals surface area contributed by atoms with Gasteiger partial charge in [-0.1, -0.05) is 53.6 Å². The molecule has 1 aliphatic rings. The molecule has 2 rings (SSSR count). The fourth-order valence-electron chi connectivity index (χ4n) is 2.19. The average molecular weight is 214 g/mol. The number of allylic oxidation sites excluding steroid dienone is 3. The Bertz CT molecular complexity index is 429. The minimum atomic E-state index is -0.389. The topological polar surface area (TPSA) is 20.2 Å². The molecular formula is C15H18O. The van der Waals surface area contributed by atoms with Crippen molar-refractivity contribution < 1.29 is 5.11 Å². The lowest BCUT2D eigenvalue weighted by molar-refractivity contribution is 0.131. The molecule has 0 aromatic heterocycles. The van der Waals surface area contributed by atoms with E-state index in [-0.39, 0.29) is 12.0 Å². The first-order valence-corrected chi connectivity index (χ1v) is 5.76. The molecule has 0 heterocycles. The van der Waals surface area contributed by atoms with E-state index in [4.69, 9.17) is 0 Å². The van der Waals surface area contributed by atoms with Crippen LogP contribution in [0.4, 0.5) is 0 Å². The normalized spacial score (nSPS) is 21.7. The van der Waals surface area contributed by atoms with E-state index in [1.165, 1.54) is 11.1 Å². The Hall–Kier alpha value is -1.34. The van der Waals surface area contributed by atoms with E-state index >= 15 is 0 Å². The summed E-state index contributed by atoms with van der Waals surface area (Å²) in [6.07, 6.45) is 6.94. The summed E-state index contributed by atoms with van der Waals surface area (Å²) < 4.78 is 0. The second-order valence-electron chi connectivity index (χ2n) is 4.57. The van der Waals surface area contributed by atoms with Crippen LogP contribution in [0.3, 0.4) is 0 Å². The molecule has 1 aromatic carbocycles. The molecule has 0 radical (unpaired) electrons. The summed E-state index contributed by atoms with van der Waals surface area (Å²) >= 11 is 0. The third kappa shape index (κ3) is 2.42. The number of rotatable bonds is 2. The molecular weight excluding hydrogens is 196 g/mol. The van der Waals surface area contributed by atoms with Crippen molar-refractivity contribution in [2.75, 3.05) is 0 Å². The summed E-state index contributed by atoms with van der Waals surface area (Å²) in [6, 6.07) is 8.12. The number of aliphatic hydroxyl groups excluding tert-OH is 1. The molecule has 1 heteroatoms. The van der Waals surface area contributed by atoms with Crippen LogP contribution in [-0.4, -0.2) is 5.11 Å².